The number of hydrogen-bond acceptors (Lipinski definition) is 5. The molecule has 5 nitrogen and oxygen atoms in total. The third kappa shape index (κ3) is 5.09. The van der Waals surface area contributed by atoms with Gasteiger partial charge in [-0.1, -0.05) is 6.92 Å². The van der Waals surface area contributed by atoms with E-state index < -0.39 is 8.80 Å². The van der Waals surface area contributed by atoms with Crippen LogP contribution in [0.25, 0.3) is 0 Å². The van der Waals surface area contributed by atoms with Crippen LogP contribution in [-0.4, -0.2) is 53.2 Å². The quantitative estimate of drug-likeness (QED) is 0.549. The predicted octanol–water partition coefficient (Wildman–Crippen LogP) is 2.55. The summed E-state index contributed by atoms with van der Waals surface area (Å²) in [5.41, 5.74) is -0.131. The van der Waals surface area contributed by atoms with Crippen LogP contribution in [0.2, 0.25) is 0 Å². The molecule has 1 fully saturated rings. The maximum absolute atomic E-state index is 6.08. The fourth-order valence-electron chi connectivity index (χ4n) is 2.21. The molecular weight excluding hydrogens is 276 g/mol. The van der Waals surface area contributed by atoms with E-state index in [-0.39, 0.29) is 17.9 Å². The van der Waals surface area contributed by atoms with Crippen molar-refractivity contribution >= 4 is 8.80 Å². The zero-order valence-electron chi connectivity index (χ0n) is 13.5. The minimum absolute atomic E-state index is 0.0531. The molecule has 20 heavy (non-hydrogen) atoms. The molecule has 6 heteroatoms. The van der Waals surface area contributed by atoms with Crippen LogP contribution >= 0.6 is 0 Å². The van der Waals surface area contributed by atoms with Gasteiger partial charge in [-0.05, 0) is 40.5 Å². The molecule has 0 spiro atoms. The van der Waals surface area contributed by atoms with E-state index in [9.17, 15) is 0 Å². The average Bonchev–Trinajstić information content (AvgIpc) is 2.32. The van der Waals surface area contributed by atoms with E-state index in [0.717, 1.165) is 19.4 Å². The van der Waals surface area contributed by atoms with Gasteiger partial charge < -0.3 is 22.8 Å². The van der Waals surface area contributed by atoms with E-state index in [4.69, 9.17) is 22.8 Å². The van der Waals surface area contributed by atoms with Crippen LogP contribution in [0.4, 0.5) is 0 Å². The second-order valence-electron chi connectivity index (χ2n) is 5.15. The summed E-state index contributed by atoms with van der Waals surface area (Å²) < 4.78 is 29.4. The van der Waals surface area contributed by atoms with Gasteiger partial charge in [0, 0.05) is 25.9 Å². The second kappa shape index (κ2) is 9.12. The summed E-state index contributed by atoms with van der Waals surface area (Å²) in [5.74, 6) is 0. The first kappa shape index (κ1) is 18.1. The molecule has 1 aliphatic rings. The van der Waals surface area contributed by atoms with Gasteiger partial charge in [-0.3, -0.25) is 0 Å². The molecule has 0 radical (unpaired) electrons. The first-order valence-corrected chi connectivity index (χ1v) is 9.57. The van der Waals surface area contributed by atoms with E-state index in [2.05, 4.69) is 6.92 Å². The number of rotatable bonds is 11. The van der Waals surface area contributed by atoms with Crippen molar-refractivity contribution in [3.05, 3.63) is 0 Å². The van der Waals surface area contributed by atoms with Crippen LogP contribution in [0.3, 0.4) is 0 Å². The number of hydrogen-bond donors (Lipinski definition) is 0. The topological polar surface area (TPSA) is 46.2 Å². The van der Waals surface area contributed by atoms with Gasteiger partial charge in [0.1, 0.15) is 5.73 Å². The van der Waals surface area contributed by atoms with Crippen LogP contribution in [0.15, 0.2) is 0 Å². The van der Waals surface area contributed by atoms with Gasteiger partial charge in [0.25, 0.3) is 0 Å². The fraction of sp³-hybridized carbons (Fsp3) is 1.00. The molecule has 0 aromatic heterocycles. The monoisotopic (exact) mass is 306 g/mol. The Bertz CT molecular complexity index is 252. The zero-order chi connectivity index (χ0) is 15.0. The summed E-state index contributed by atoms with van der Waals surface area (Å²) in [6.45, 7) is 12.6. The van der Waals surface area contributed by atoms with Gasteiger partial charge in [-0.15, -0.1) is 0 Å². The standard InChI is InChI=1S/C14H30O5Si/c1-6-14(16-11-13-9-10-15-13)20(17-7-2,18-8-3)19-12(4)5/h12-14H,6-11H2,1-5H3. The highest BCUT2D eigenvalue weighted by atomic mass is 28.4. The Balaban J connectivity index is 2.71. The van der Waals surface area contributed by atoms with Crippen molar-refractivity contribution in [3.63, 3.8) is 0 Å². The van der Waals surface area contributed by atoms with Gasteiger partial charge in [0.2, 0.25) is 0 Å². The van der Waals surface area contributed by atoms with Crippen LogP contribution in [0.1, 0.15) is 47.5 Å². The molecule has 0 aromatic rings. The predicted molar refractivity (Wildman–Crippen MR) is 79.6 cm³/mol. The van der Waals surface area contributed by atoms with Crippen molar-refractivity contribution in [2.75, 3.05) is 26.4 Å². The molecule has 0 aliphatic carbocycles. The lowest BCUT2D eigenvalue weighted by Crippen LogP contribution is -2.59. The van der Waals surface area contributed by atoms with E-state index in [0.29, 0.717) is 19.8 Å². The lowest BCUT2D eigenvalue weighted by atomic mass is 10.2. The van der Waals surface area contributed by atoms with Crippen molar-refractivity contribution < 1.29 is 22.8 Å². The minimum atomic E-state index is -2.82. The summed E-state index contributed by atoms with van der Waals surface area (Å²) >= 11 is 0. The van der Waals surface area contributed by atoms with Gasteiger partial charge in [-0.25, -0.2) is 0 Å². The third-order valence-electron chi connectivity index (χ3n) is 3.13. The van der Waals surface area contributed by atoms with Gasteiger partial charge in [-0.2, -0.15) is 0 Å². The Kier molecular flexibility index (Phi) is 8.24. The summed E-state index contributed by atoms with van der Waals surface area (Å²) in [4.78, 5) is 0. The van der Waals surface area contributed by atoms with Gasteiger partial charge in [0.05, 0.1) is 12.7 Å². The van der Waals surface area contributed by atoms with Crippen LogP contribution < -0.4 is 0 Å². The average molecular weight is 306 g/mol. The molecule has 120 valence electrons. The van der Waals surface area contributed by atoms with Crippen LogP contribution in [0, 0.1) is 0 Å². The van der Waals surface area contributed by atoms with E-state index in [1.54, 1.807) is 0 Å². The molecule has 1 rings (SSSR count). The SMILES string of the molecule is CCO[Si](OCC)(OC(C)C)C(CC)OCC1CCO1. The second-order valence-corrected chi connectivity index (χ2v) is 7.81. The first-order chi connectivity index (χ1) is 9.57. The normalized spacial score (nSPS) is 21.0. The summed E-state index contributed by atoms with van der Waals surface area (Å²) in [5, 5.41) is 0. The molecule has 0 saturated carbocycles. The maximum Gasteiger partial charge on any atom is 0.531 e. The maximum atomic E-state index is 6.08. The van der Waals surface area contributed by atoms with E-state index in [1.165, 1.54) is 0 Å². The van der Waals surface area contributed by atoms with Crippen LogP contribution in [0.5, 0.6) is 0 Å². The van der Waals surface area contributed by atoms with Gasteiger partial charge >= 0.3 is 8.80 Å². The van der Waals surface area contributed by atoms with Crippen molar-refractivity contribution in [3.8, 4) is 0 Å². The first-order valence-electron chi connectivity index (χ1n) is 7.76. The smallest absolute Gasteiger partial charge is 0.376 e. The Labute approximate surface area is 124 Å². The molecule has 2 unspecified atom stereocenters. The Hall–Kier alpha value is 0.0169. The molecular formula is C14H30O5Si. The third-order valence-corrected chi connectivity index (χ3v) is 6.68. The molecule has 0 aromatic carbocycles. The van der Waals surface area contributed by atoms with Crippen molar-refractivity contribution in [2.45, 2.75) is 65.4 Å². The fourth-order valence-corrected chi connectivity index (χ4v) is 5.22. The summed E-state index contributed by atoms with van der Waals surface area (Å²) in [7, 11) is -2.82. The van der Waals surface area contributed by atoms with Gasteiger partial charge in [0.15, 0.2) is 0 Å². The molecule has 1 aliphatic heterocycles. The minimum Gasteiger partial charge on any atom is -0.376 e. The lowest BCUT2D eigenvalue weighted by Gasteiger charge is -2.37. The van der Waals surface area contributed by atoms with Crippen molar-refractivity contribution in [2.24, 2.45) is 0 Å². The van der Waals surface area contributed by atoms with Crippen molar-refractivity contribution in [1.82, 2.24) is 0 Å². The molecule has 2 atom stereocenters. The highest BCUT2D eigenvalue weighted by Gasteiger charge is 2.50. The molecule has 1 saturated heterocycles. The molecule has 0 bridgehead atoms. The molecule has 0 N–H and O–H groups in total. The van der Waals surface area contributed by atoms with E-state index in [1.807, 2.05) is 27.7 Å². The summed E-state index contributed by atoms with van der Waals surface area (Å²) in [6.07, 6.45) is 2.15. The molecule has 0 amide bonds. The highest BCUT2D eigenvalue weighted by Crippen LogP contribution is 2.24. The van der Waals surface area contributed by atoms with E-state index >= 15 is 0 Å². The zero-order valence-corrected chi connectivity index (χ0v) is 14.5. The summed E-state index contributed by atoms with van der Waals surface area (Å²) in [6, 6.07) is 0. The Morgan fingerprint density at radius 2 is 1.75 bits per heavy atom. The molecule has 1 heterocycles. The Morgan fingerprint density at radius 3 is 2.10 bits per heavy atom. The van der Waals surface area contributed by atoms with Crippen LogP contribution in [-0.2, 0) is 22.8 Å². The highest BCUT2D eigenvalue weighted by molar-refractivity contribution is 6.62. The van der Waals surface area contributed by atoms with Crippen molar-refractivity contribution in [1.29, 1.82) is 0 Å². The lowest BCUT2D eigenvalue weighted by molar-refractivity contribution is -0.112. The largest absolute Gasteiger partial charge is 0.531 e. The Morgan fingerprint density at radius 1 is 1.15 bits per heavy atom. The number of ether oxygens (including phenoxy) is 2.